The summed E-state index contributed by atoms with van der Waals surface area (Å²) in [5.41, 5.74) is 0. The molecule has 0 aromatic carbocycles. The number of methoxy groups -OCH3 is 1. The topological polar surface area (TPSA) is 58.6 Å². The van der Waals surface area contributed by atoms with Crippen LogP contribution in [0.1, 0.15) is 19.3 Å². The summed E-state index contributed by atoms with van der Waals surface area (Å²) in [6.45, 7) is 1.60. The maximum Gasteiger partial charge on any atom is 0.323 e. The van der Waals surface area contributed by atoms with E-state index in [0.29, 0.717) is 12.4 Å². The molecule has 1 atom stereocenters. The SMILES string of the molecule is COC(=O)[C@H]1CCCN1CC(=O)NCCCCl. The van der Waals surface area contributed by atoms with E-state index in [1.54, 1.807) is 0 Å². The van der Waals surface area contributed by atoms with Gasteiger partial charge in [-0.2, -0.15) is 0 Å². The average Bonchev–Trinajstić information content (AvgIpc) is 2.76. The summed E-state index contributed by atoms with van der Waals surface area (Å²) < 4.78 is 4.71. The number of hydrogen-bond acceptors (Lipinski definition) is 4. The first kappa shape index (κ1) is 14.3. The Morgan fingerprint density at radius 2 is 2.29 bits per heavy atom. The Bertz CT molecular complexity index is 273. The molecule has 0 bridgehead atoms. The molecule has 1 rings (SSSR count). The standard InChI is InChI=1S/C11H19ClN2O3/c1-17-11(16)9-4-2-7-14(9)8-10(15)13-6-3-5-12/h9H,2-8H2,1H3,(H,13,15)/t9-/m1/s1. The van der Waals surface area contributed by atoms with Crippen molar-refractivity contribution in [2.75, 3.05) is 32.6 Å². The molecule has 0 spiro atoms. The Kier molecular flexibility index (Phi) is 6.29. The van der Waals surface area contributed by atoms with E-state index in [9.17, 15) is 9.59 Å². The number of esters is 1. The average molecular weight is 263 g/mol. The van der Waals surface area contributed by atoms with E-state index in [-0.39, 0.29) is 24.5 Å². The van der Waals surface area contributed by atoms with Gasteiger partial charge in [-0.25, -0.2) is 0 Å². The summed E-state index contributed by atoms with van der Waals surface area (Å²) in [4.78, 5) is 24.9. The molecule has 6 heteroatoms. The van der Waals surface area contributed by atoms with Crippen LogP contribution in [0.4, 0.5) is 0 Å². The zero-order valence-electron chi connectivity index (χ0n) is 10.1. The quantitative estimate of drug-likeness (QED) is 0.427. The fraction of sp³-hybridized carbons (Fsp3) is 0.818. The minimum absolute atomic E-state index is 0.0640. The number of ether oxygens (including phenoxy) is 1. The number of amides is 1. The molecule has 5 nitrogen and oxygen atoms in total. The monoisotopic (exact) mass is 262 g/mol. The van der Waals surface area contributed by atoms with Crippen LogP contribution in [0.2, 0.25) is 0 Å². The zero-order valence-corrected chi connectivity index (χ0v) is 10.8. The second kappa shape index (κ2) is 7.50. The van der Waals surface area contributed by atoms with Crippen molar-refractivity contribution < 1.29 is 14.3 Å². The second-order valence-corrected chi connectivity index (χ2v) is 4.42. The number of hydrogen-bond donors (Lipinski definition) is 1. The number of nitrogens with zero attached hydrogens (tertiary/aromatic N) is 1. The van der Waals surface area contributed by atoms with E-state index in [4.69, 9.17) is 16.3 Å². The van der Waals surface area contributed by atoms with Crippen LogP contribution in [0.5, 0.6) is 0 Å². The van der Waals surface area contributed by atoms with Crippen molar-refractivity contribution in [1.82, 2.24) is 10.2 Å². The molecule has 1 amide bonds. The first-order valence-corrected chi connectivity index (χ1v) is 6.37. The van der Waals surface area contributed by atoms with Gasteiger partial charge in [-0.3, -0.25) is 14.5 Å². The lowest BCUT2D eigenvalue weighted by atomic mass is 10.2. The van der Waals surface area contributed by atoms with Gasteiger partial charge in [0.05, 0.1) is 13.7 Å². The van der Waals surface area contributed by atoms with Gasteiger partial charge in [-0.15, -0.1) is 11.6 Å². The third-order valence-electron chi connectivity index (χ3n) is 2.82. The molecule has 1 N–H and O–H groups in total. The Hall–Kier alpha value is -0.810. The van der Waals surface area contributed by atoms with E-state index in [1.165, 1.54) is 7.11 Å². The summed E-state index contributed by atoms with van der Waals surface area (Å²) in [5.74, 6) is 0.219. The van der Waals surface area contributed by atoms with Crippen molar-refractivity contribution >= 4 is 23.5 Å². The summed E-state index contributed by atoms with van der Waals surface area (Å²) in [7, 11) is 1.37. The molecular formula is C11H19ClN2O3. The van der Waals surface area contributed by atoms with E-state index in [0.717, 1.165) is 25.8 Å². The zero-order chi connectivity index (χ0) is 12.7. The van der Waals surface area contributed by atoms with Crippen molar-refractivity contribution in [1.29, 1.82) is 0 Å². The molecule has 17 heavy (non-hydrogen) atoms. The van der Waals surface area contributed by atoms with Crippen LogP contribution in [0.25, 0.3) is 0 Å². The fourth-order valence-electron chi connectivity index (χ4n) is 1.95. The van der Waals surface area contributed by atoms with Gasteiger partial charge in [0.2, 0.25) is 5.91 Å². The number of likely N-dealkylation sites (tertiary alicyclic amines) is 1. The van der Waals surface area contributed by atoms with Crippen molar-refractivity contribution in [3.8, 4) is 0 Å². The lowest BCUT2D eigenvalue weighted by Gasteiger charge is -2.21. The molecule has 0 aliphatic carbocycles. The van der Waals surface area contributed by atoms with Crippen molar-refractivity contribution in [3.63, 3.8) is 0 Å². The highest BCUT2D eigenvalue weighted by Crippen LogP contribution is 2.17. The number of rotatable bonds is 6. The van der Waals surface area contributed by atoms with Crippen molar-refractivity contribution in [3.05, 3.63) is 0 Å². The normalized spacial score (nSPS) is 20.2. The van der Waals surface area contributed by atoms with Gasteiger partial charge in [0.25, 0.3) is 0 Å². The minimum Gasteiger partial charge on any atom is -0.468 e. The minimum atomic E-state index is -0.265. The van der Waals surface area contributed by atoms with Gasteiger partial charge in [-0.05, 0) is 25.8 Å². The van der Waals surface area contributed by atoms with Gasteiger partial charge in [0, 0.05) is 12.4 Å². The molecule has 1 saturated heterocycles. The molecule has 0 radical (unpaired) electrons. The molecule has 1 aliphatic heterocycles. The lowest BCUT2D eigenvalue weighted by Crippen LogP contribution is -2.43. The Morgan fingerprint density at radius 3 is 2.94 bits per heavy atom. The molecule has 0 unspecified atom stereocenters. The fourth-order valence-corrected chi connectivity index (χ4v) is 2.09. The van der Waals surface area contributed by atoms with E-state index >= 15 is 0 Å². The van der Waals surface area contributed by atoms with Gasteiger partial charge < -0.3 is 10.1 Å². The van der Waals surface area contributed by atoms with Gasteiger partial charge in [0.1, 0.15) is 6.04 Å². The predicted molar refractivity (Wildman–Crippen MR) is 65.0 cm³/mol. The van der Waals surface area contributed by atoms with Crippen LogP contribution < -0.4 is 5.32 Å². The molecule has 0 aromatic heterocycles. The molecule has 1 heterocycles. The van der Waals surface area contributed by atoms with Gasteiger partial charge in [0.15, 0.2) is 0 Å². The highest BCUT2D eigenvalue weighted by atomic mass is 35.5. The summed E-state index contributed by atoms with van der Waals surface area (Å²) >= 11 is 5.52. The van der Waals surface area contributed by atoms with Crippen LogP contribution in [0.3, 0.4) is 0 Å². The number of carbonyl (C=O) groups excluding carboxylic acids is 2. The smallest absolute Gasteiger partial charge is 0.323 e. The largest absolute Gasteiger partial charge is 0.468 e. The number of alkyl halides is 1. The van der Waals surface area contributed by atoms with E-state index < -0.39 is 0 Å². The molecule has 0 aromatic rings. The van der Waals surface area contributed by atoms with Gasteiger partial charge in [-0.1, -0.05) is 0 Å². The van der Waals surface area contributed by atoms with Crippen LogP contribution in [-0.4, -0.2) is 55.4 Å². The highest BCUT2D eigenvalue weighted by molar-refractivity contribution is 6.17. The first-order valence-electron chi connectivity index (χ1n) is 5.83. The summed E-state index contributed by atoms with van der Waals surface area (Å²) in [6.07, 6.45) is 2.45. The lowest BCUT2D eigenvalue weighted by molar-refractivity contribution is -0.146. The van der Waals surface area contributed by atoms with Gasteiger partial charge >= 0.3 is 5.97 Å². The summed E-state index contributed by atoms with van der Waals surface area (Å²) in [6, 6.07) is -0.265. The van der Waals surface area contributed by atoms with Crippen LogP contribution in [-0.2, 0) is 14.3 Å². The Labute approximate surface area is 106 Å². The molecule has 1 aliphatic rings. The number of carbonyl (C=O) groups is 2. The number of nitrogens with one attached hydrogen (secondary N) is 1. The first-order chi connectivity index (χ1) is 8.19. The Morgan fingerprint density at radius 1 is 1.53 bits per heavy atom. The maximum atomic E-state index is 11.6. The van der Waals surface area contributed by atoms with E-state index in [2.05, 4.69) is 5.32 Å². The highest BCUT2D eigenvalue weighted by Gasteiger charge is 2.32. The number of halogens is 1. The Balaban J connectivity index is 2.34. The molecule has 0 saturated carbocycles. The predicted octanol–water partition coefficient (Wildman–Crippen LogP) is 0.369. The van der Waals surface area contributed by atoms with Crippen molar-refractivity contribution in [2.24, 2.45) is 0 Å². The van der Waals surface area contributed by atoms with Crippen molar-refractivity contribution in [2.45, 2.75) is 25.3 Å². The second-order valence-electron chi connectivity index (χ2n) is 4.04. The van der Waals surface area contributed by atoms with Crippen LogP contribution >= 0.6 is 11.6 Å². The van der Waals surface area contributed by atoms with E-state index in [1.807, 2.05) is 4.90 Å². The van der Waals surface area contributed by atoms with Crippen LogP contribution in [0.15, 0.2) is 0 Å². The maximum absolute atomic E-state index is 11.6. The van der Waals surface area contributed by atoms with Crippen LogP contribution in [0, 0.1) is 0 Å². The molecular weight excluding hydrogens is 244 g/mol. The third kappa shape index (κ3) is 4.52. The molecule has 1 fully saturated rings. The molecule has 98 valence electrons. The third-order valence-corrected chi connectivity index (χ3v) is 3.08. The summed E-state index contributed by atoms with van der Waals surface area (Å²) in [5, 5.41) is 2.77.